The number of hydrogen-bond acceptors (Lipinski definition) is 5. The molecule has 1 heterocycles. The molecule has 0 aliphatic rings. The number of pyridine rings is 1. The van der Waals surface area contributed by atoms with Crippen LogP contribution < -0.4 is 5.32 Å². The van der Waals surface area contributed by atoms with Crippen molar-refractivity contribution in [3.63, 3.8) is 0 Å². The maximum Gasteiger partial charge on any atom is 0.300 e. The summed E-state index contributed by atoms with van der Waals surface area (Å²) in [6, 6.07) is 3.04. The quantitative estimate of drug-likeness (QED) is 0.516. The summed E-state index contributed by atoms with van der Waals surface area (Å²) in [7, 11) is 0. The smallest absolute Gasteiger partial charge is 0.300 e. The third-order valence-corrected chi connectivity index (χ3v) is 2.84. The first-order valence-electron chi connectivity index (χ1n) is 5.36. The average molecular weight is 283 g/mol. The van der Waals surface area contributed by atoms with Crippen molar-refractivity contribution in [2.45, 2.75) is 25.8 Å². The maximum atomic E-state index is 12.0. The van der Waals surface area contributed by atoms with E-state index < -0.39 is 22.1 Å². The van der Waals surface area contributed by atoms with Gasteiger partial charge in [-0.3, -0.25) is 14.9 Å². The Bertz CT molecular complexity index is 570. The summed E-state index contributed by atoms with van der Waals surface area (Å²) >= 11 is 5.63. The van der Waals surface area contributed by atoms with Crippen molar-refractivity contribution in [2.24, 2.45) is 0 Å². The number of amides is 1. The highest BCUT2D eigenvalue weighted by molar-refractivity contribution is 6.29. The number of nitro groups is 1. The predicted molar refractivity (Wildman–Crippen MR) is 67.7 cm³/mol. The Hall–Kier alpha value is -2.20. The van der Waals surface area contributed by atoms with E-state index in [1.807, 2.05) is 6.07 Å². The number of nitrogens with one attached hydrogen (secondary N) is 1. The molecule has 0 radical (unpaired) electrons. The van der Waals surface area contributed by atoms with Gasteiger partial charge in [0.1, 0.15) is 22.5 Å². The van der Waals surface area contributed by atoms with Gasteiger partial charge in [0.25, 0.3) is 11.6 Å². The molecule has 0 spiro atoms. The number of halogens is 1. The number of carbonyl (C=O) groups is 1. The van der Waals surface area contributed by atoms with Crippen molar-refractivity contribution in [1.82, 2.24) is 10.3 Å². The van der Waals surface area contributed by atoms with Crippen LogP contribution in [0.3, 0.4) is 0 Å². The van der Waals surface area contributed by atoms with Gasteiger partial charge in [0.2, 0.25) is 0 Å². The van der Waals surface area contributed by atoms with E-state index in [4.69, 9.17) is 16.9 Å². The zero-order valence-electron chi connectivity index (χ0n) is 10.3. The lowest BCUT2D eigenvalue weighted by molar-refractivity contribution is -0.385. The number of aromatic nitrogens is 1. The molecular formula is C11H11ClN4O3. The normalized spacial score (nSPS) is 13.2. The van der Waals surface area contributed by atoms with Crippen molar-refractivity contribution < 1.29 is 9.72 Å². The van der Waals surface area contributed by atoms with E-state index in [9.17, 15) is 14.9 Å². The summed E-state index contributed by atoms with van der Waals surface area (Å²) in [5, 5.41) is 22.2. The lowest BCUT2D eigenvalue weighted by atomic mass is 10.0. The molecule has 0 aliphatic heterocycles. The zero-order valence-corrected chi connectivity index (χ0v) is 11.1. The van der Waals surface area contributed by atoms with Crippen LogP contribution in [0.25, 0.3) is 0 Å². The molecule has 1 atom stereocenters. The highest BCUT2D eigenvalue weighted by Crippen LogP contribution is 2.21. The standard InChI is InChI=1S/C11H11ClN4O3/c1-3-11(2,6-13)15-10(17)7-4-9(12)14-5-8(7)16(18)19/h4-5H,3H2,1-2H3,(H,15,17). The Balaban J connectivity index is 3.17. The Morgan fingerprint density at radius 2 is 2.37 bits per heavy atom. The molecule has 1 unspecified atom stereocenters. The molecule has 0 aliphatic carbocycles. The fourth-order valence-corrected chi connectivity index (χ4v) is 1.42. The van der Waals surface area contributed by atoms with E-state index >= 15 is 0 Å². The summed E-state index contributed by atoms with van der Waals surface area (Å²) in [5.74, 6) is -0.734. The molecule has 0 fully saturated rings. The molecule has 1 N–H and O–H groups in total. The Labute approximate surface area is 114 Å². The molecule has 0 aromatic carbocycles. The monoisotopic (exact) mass is 282 g/mol. The van der Waals surface area contributed by atoms with E-state index in [0.29, 0.717) is 6.42 Å². The topological polar surface area (TPSA) is 109 Å². The second-order valence-corrected chi connectivity index (χ2v) is 4.42. The first-order chi connectivity index (χ1) is 8.83. The van der Waals surface area contributed by atoms with Crippen LogP contribution in [-0.2, 0) is 0 Å². The molecule has 19 heavy (non-hydrogen) atoms. The van der Waals surface area contributed by atoms with Crippen LogP contribution >= 0.6 is 11.6 Å². The summed E-state index contributed by atoms with van der Waals surface area (Å²) in [4.78, 5) is 25.7. The second kappa shape index (κ2) is 5.63. The van der Waals surface area contributed by atoms with Gasteiger partial charge in [-0.2, -0.15) is 5.26 Å². The molecule has 100 valence electrons. The van der Waals surface area contributed by atoms with Crippen LogP contribution in [-0.4, -0.2) is 21.4 Å². The van der Waals surface area contributed by atoms with Crippen LogP contribution in [0.1, 0.15) is 30.6 Å². The lowest BCUT2D eigenvalue weighted by Gasteiger charge is -2.21. The molecule has 0 saturated heterocycles. The van der Waals surface area contributed by atoms with Gasteiger partial charge in [-0.25, -0.2) is 4.98 Å². The van der Waals surface area contributed by atoms with Crippen LogP contribution in [0.2, 0.25) is 5.15 Å². The van der Waals surface area contributed by atoms with Crippen molar-refractivity contribution in [2.75, 3.05) is 0 Å². The summed E-state index contributed by atoms with van der Waals surface area (Å²) in [6.07, 6.45) is 1.27. The minimum absolute atomic E-state index is 0.0362. The Kier molecular flexibility index (Phi) is 4.40. The Morgan fingerprint density at radius 3 is 2.84 bits per heavy atom. The lowest BCUT2D eigenvalue weighted by Crippen LogP contribution is -2.44. The largest absolute Gasteiger partial charge is 0.334 e. The average Bonchev–Trinajstić information content (AvgIpc) is 2.38. The van der Waals surface area contributed by atoms with E-state index in [-0.39, 0.29) is 10.7 Å². The summed E-state index contributed by atoms with van der Waals surface area (Å²) in [5.41, 5.74) is -1.78. The number of nitriles is 1. The molecule has 0 bridgehead atoms. The van der Waals surface area contributed by atoms with E-state index in [2.05, 4.69) is 10.3 Å². The maximum absolute atomic E-state index is 12.0. The van der Waals surface area contributed by atoms with Gasteiger partial charge < -0.3 is 5.32 Å². The van der Waals surface area contributed by atoms with Gasteiger partial charge in [0.15, 0.2) is 0 Å². The number of rotatable bonds is 4. The molecule has 8 heteroatoms. The van der Waals surface area contributed by atoms with Gasteiger partial charge in [-0.1, -0.05) is 18.5 Å². The molecule has 1 rings (SSSR count). The van der Waals surface area contributed by atoms with Gasteiger partial charge >= 0.3 is 0 Å². The first-order valence-corrected chi connectivity index (χ1v) is 5.74. The van der Waals surface area contributed by atoms with Gasteiger partial charge in [-0.05, 0) is 19.4 Å². The highest BCUT2D eigenvalue weighted by atomic mass is 35.5. The van der Waals surface area contributed by atoms with Crippen molar-refractivity contribution in [3.05, 3.63) is 33.1 Å². The summed E-state index contributed by atoms with van der Waals surface area (Å²) in [6.45, 7) is 3.25. The predicted octanol–water partition coefficient (Wildman–Crippen LogP) is 2.07. The molecule has 1 amide bonds. The van der Waals surface area contributed by atoms with Crippen LogP contribution in [0.15, 0.2) is 12.3 Å². The number of hydrogen-bond donors (Lipinski definition) is 1. The minimum Gasteiger partial charge on any atom is -0.334 e. The van der Waals surface area contributed by atoms with Gasteiger partial charge in [0.05, 0.1) is 11.0 Å². The highest BCUT2D eigenvalue weighted by Gasteiger charge is 2.28. The summed E-state index contributed by atoms with van der Waals surface area (Å²) < 4.78 is 0. The fourth-order valence-electron chi connectivity index (χ4n) is 1.26. The molecule has 7 nitrogen and oxygen atoms in total. The third kappa shape index (κ3) is 3.39. The van der Waals surface area contributed by atoms with E-state index in [1.54, 1.807) is 6.92 Å². The molecular weight excluding hydrogens is 272 g/mol. The Morgan fingerprint density at radius 1 is 1.74 bits per heavy atom. The number of nitrogens with zero attached hydrogens (tertiary/aromatic N) is 3. The third-order valence-electron chi connectivity index (χ3n) is 2.63. The van der Waals surface area contributed by atoms with Crippen LogP contribution in [0.4, 0.5) is 5.69 Å². The van der Waals surface area contributed by atoms with Crippen molar-refractivity contribution in [3.8, 4) is 6.07 Å². The number of carbonyl (C=O) groups excluding carboxylic acids is 1. The zero-order chi connectivity index (χ0) is 14.6. The molecule has 0 saturated carbocycles. The van der Waals surface area contributed by atoms with Crippen LogP contribution in [0, 0.1) is 21.4 Å². The minimum atomic E-state index is -1.10. The van der Waals surface area contributed by atoms with Gasteiger partial charge in [-0.15, -0.1) is 0 Å². The van der Waals surface area contributed by atoms with Gasteiger partial charge in [0, 0.05) is 0 Å². The van der Waals surface area contributed by atoms with E-state index in [1.165, 1.54) is 6.92 Å². The van der Waals surface area contributed by atoms with E-state index in [0.717, 1.165) is 12.3 Å². The molecule has 1 aromatic heterocycles. The molecule has 1 aromatic rings. The van der Waals surface area contributed by atoms with Crippen LogP contribution in [0.5, 0.6) is 0 Å². The van der Waals surface area contributed by atoms with Crippen molar-refractivity contribution in [1.29, 1.82) is 5.26 Å². The second-order valence-electron chi connectivity index (χ2n) is 4.03. The first kappa shape index (κ1) is 14.9. The SMILES string of the molecule is CCC(C)(C#N)NC(=O)c1cc(Cl)ncc1[N+](=O)[O-]. The van der Waals surface area contributed by atoms with Crippen molar-refractivity contribution >= 4 is 23.2 Å². The fraction of sp³-hybridized carbons (Fsp3) is 0.364.